The first-order valence-electron chi connectivity index (χ1n) is 18.8. The van der Waals surface area contributed by atoms with Gasteiger partial charge in [0.1, 0.15) is 12.6 Å². The van der Waals surface area contributed by atoms with Gasteiger partial charge < -0.3 is 42.5 Å². The molecule has 47 heavy (non-hydrogen) atoms. The Hall–Kier alpha value is -1.78. The van der Waals surface area contributed by atoms with Crippen LogP contribution in [0.1, 0.15) is 85.0 Å². The van der Waals surface area contributed by atoms with Crippen LogP contribution in [0.4, 0.5) is 9.59 Å². The Balaban J connectivity index is 0.000000185. The number of hydrogen-bond acceptors (Lipinski definition) is 10. The van der Waals surface area contributed by atoms with Gasteiger partial charge in [-0.1, -0.05) is 6.92 Å². The zero-order valence-corrected chi connectivity index (χ0v) is 29.4. The van der Waals surface area contributed by atoms with Gasteiger partial charge in [0.05, 0.1) is 12.3 Å². The Kier molecular flexibility index (Phi) is 14.2. The van der Waals surface area contributed by atoms with Crippen molar-refractivity contribution in [3.05, 3.63) is 0 Å². The van der Waals surface area contributed by atoms with E-state index in [9.17, 15) is 9.59 Å². The summed E-state index contributed by atoms with van der Waals surface area (Å²) in [6.45, 7) is 11.9. The summed E-state index contributed by atoms with van der Waals surface area (Å²) in [5.74, 6) is 3.16. The first-order chi connectivity index (χ1) is 22.8. The molecule has 4 saturated heterocycles. The molecule has 14 nitrogen and oxygen atoms in total. The summed E-state index contributed by atoms with van der Waals surface area (Å²) in [6, 6.07) is 1.22. The van der Waals surface area contributed by atoms with Crippen LogP contribution in [0.25, 0.3) is 0 Å². The highest BCUT2D eigenvalue weighted by Gasteiger charge is 2.35. The fourth-order valence-electron chi connectivity index (χ4n) is 8.83. The van der Waals surface area contributed by atoms with Crippen molar-refractivity contribution >= 4 is 12.1 Å². The Morgan fingerprint density at radius 2 is 1.09 bits per heavy atom. The fraction of sp³-hybridized carbons (Fsp3) is 0.939. The maximum atomic E-state index is 12.4. The molecular formula is C33H66N12O2. The molecule has 6 aliphatic rings. The van der Waals surface area contributed by atoms with E-state index in [4.69, 9.17) is 0 Å². The SMILES string of the molecule is CCNC1CC(C)NC(NC(=O)NC2CCC3CNCCC3C2)N1.CNC1CC(C)NC(NC(=O)NC2CCC3CNCCC3C2)N1. The standard InChI is InChI=1S/C17H34N6O.C16H32N6O/c1-3-19-15-8-11(2)20-16(22-15)23-17(24)21-14-5-4-13-10-18-7-6-12(13)9-14;1-10-7-14(17-2)21-15(19-10)22-16(23)20-13-4-3-12-9-18-6-5-11(12)8-13/h11-16,18-20,22H,3-10H2,1-2H3,(H2,21,23,24);10-15,17-19,21H,3-9H2,1-2H3,(H2,20,22,23). The summed E-state index contributed by atoms with van der Waals surface area (Å²) in [4.78, 5) is 24.7. The summed E-state index contributed by atoms with van der Waals surface area (Å²) in [5, 5.41) is 39.5. The molecule has 12 unspecified atom stereocenters. The van der Waals surface area contributed by atoms with Gasteiger partial charge >= 0.3 is 12.1 Å². The van der Waals surface area contributed by atoms with Crippen LogP contribution in [0, 0.1) is 23.7 Å². The van der Waals surface area contributed by atoms with Crippen molar-refractivity contribution in [2.24, 2.45) is 23.7 Å². The third kappa shape index (κ3) is 11.4. The molecule has 6 fully saturated rings. The summed E-state index contributed by atoms with van der Waals surface area (Å²) >= 11 is 0. The van der Waals surface area contributed by atoms with Crippen LogP contribution in [0.3, 0.4) is 0 Å². The molecule has 0 spiro atoms. The number of piperidine rings is 2. The second-order valence-corrected chi connectivity index (χ2v) is 15.0. The van der Waals surface area contributed by atoms with E-state index < -0.39 is 0 Å². The van der Waals surface area contributed by atoms with E-state index in [2.05, 4.69) is 84.6 Å². The number of amides is 4. The third-order valence-corrected chi connectivity index (χ3v) is 11.3. The smallest absolute Gasteiger partial charge is 0.317 e. The van der Waals surface area contributed by atoms with Gasteiger partial charge in [0, 0.05) is 24.2 Å². The Morgan fingerprint density at radius 3 is 1.57 bits per heavy atom. The minimum absolute atomic E-state index is 0.0678. The van der Waals surface area contributed by atoms with Gasteiger partial charge in [-0.25, -0.2) is 9.59 Å². The number of fused-ring (bicyclic) bond motifs is 2. The molecule has 4 aliphatic heterocycles. The second-order valence-electron chi connectivity index (χ2n) is 15.0. The maximum Gasteiger partial charge on any atom is 0.317 e. The van der Waals surface area contributed by atoms with Crippen molar-refractivity contribution in [1.29, 1.82) is 0 Å². The minimum atomic E-state index is -0.189. The summed E-state index contributed by atoms with van der Waals surface area (Å²) in [5.41, 5.74) is 0. The van der Waals surface area contributed by atoms with E-state index in [1.165, 1.54) is 25.7 Å². The Labute approximate surface area is 282 Å². The van der Waals surface area contributed by atoms with Crippen LogP contribution in [0.5, 0.6) is 0 Å². The topological polar surface area (TPSA) is 178 Å². The predicted molar refractivity (Wildman–Crippen MR) is 186 cm³/mol. The molecule has 0 aromatic rings. The zero-order valence-electron chi connectivity index (χ0n) is 29.4. The number of carbonyl (C=O) groups excluding carboxylic acids is 2. The maximum absolute atomic E-state index is 12.4. The van der Waals surface area contributed by atoms with Crippen LogP contribution in [0.2, 0.25) is 0 Å². The molecule has 0 aromatic carbocycles. The van der Waals surface area contributed by atoms with Crippen molar-refractivity contribution in [3.63, 3.8) is 0 Å². The molecule has 0 aromatic heterocycles. The molecule has 4 heterocycles. The first kappa shape index (κ1) is 36.5. The van der Waals surface area contributed by atoms with Crippen molar-refractivity contribution in [2.75, 3.05) is 39.8 Å². The summed E-state index contributed by atoms with van der Waals surface area (Å²) in [7, 11) is 1.93. The van der Waals surface area contributed by atoms with E-state index in [1.54, 1.807) is 0 Å². The van der Waals surface area contributed by atoms with Crippen LogP contribution < -0.4 is 63.8 Å². The summed E-state index contributed by atoms with van der Waals surface area (Å²) < 4.78 is 0. The van der Waals surface area contributed by atoms with Crippen LogP contribution in [0.15, 0.2) is 0 Å². The predicted octanol–water partition coefficient (Wildman–Crippen LogP) is 0.119. The highest BCUT2D eigenvalue weighted by Crippen LogP contribution is 2.35. The van der Waals surface area contributed by atoms with E-state index in [-0.39, 0.29) is 37.0 Å². The molecule has 4 amide bonds. The van der Waals surface area contributed by atoms with Crippen molar-refractivity contribution in [3.8, 4) is 0 Å². The molecule has 12 atom stereocenters. The fourth-order valence-corrected chi connectivity index (χ4v) is 8.83. The van der Waals surface area contributed by atoms with Crippen LogP contribution >= 0.6 is 0 Å². The average molecular weight is 663 g/mol. The summed E-state index contributed by atoms with van der Waals surface area (Å²) in [6.07, 6.45) is 11.5. The highest BCUT2D eigenvalue weighted by molar-refractivity contribution is 5.75. The lowest BCUT2D eigenvalue weighted by atomic mass is 9.73. The minimum Gasteiger partial charge on any atom is -0.335 e. The lowest BCUT2D eigenvalue weighted by molar-refractivity contribution is 0.151. The molecule has 0 bridgehead atoms. The van der Waals surface area contributed by atoms with Gasteiger partial charge in [0.15, 0.2) is 0 Å². The zero-order chi connectivity index (χ0) is 33.2. The molecule has 2 aliphatic carbocycles. The van der Waals surface area contributed by atoms with E-state index in [0.29, 0.717) is 24.2 Å². The monoisotopic (exact) mass is 663 g/mol. The van der Waals surface area contributed by atoms with Gasteiger partial charge in [0.25, 0.3) is 0 Å². The van der Waals surface area contributed by atoms with Crippen molar-refractivity contribution in [2.45, 2.75) is 134 Å². The van der Waals surface area contributed by atoms with Crippen LogP contribution in [-0.4, -0.2) is 101 Å². The Morgan fingerprint density at radius 1 is 0.596 bits per heavy atom. The van der Waals surface area contributed by atoms with Crippen molar-refractivity contribution < 1.29 is 9.59 Å². The Bertz CT molecular complexity index is 976. The normalized spacial score (nSPS) is 40.3. The van der Waals surface area contributed by atoms with Gasteiger partial charge in [-0.3, -0.25) is 21.3 Å². The molecule has 0 radical (unpaired) electrons. The molecule has 14 heteroatoms. The van der Waals surface area contributed by atoms with Crippen LogP contribution in [-0.2, 0) is 0 Å². The first-order valence-corrected chi connectivity index (χ1v) is 18.8. The molecule has 270 valence electrons. The third-order valence-electron chi connectivity index (χ3n) is 11.3. The molecule has 2 saturated carbocycles. The van der Waals surface area contributed by atoms with E-state index in [1.807, 2.05) is 7.05 Å². The average Bonchev–Trinajstić information content (AvgIpc) is 3.04. The molecule has 12 N–H and O–H groups in total. The number of carbonyl (C=O) groups is 2. The lowest BCUT2D eigenvalue weighted by Gasteiger charge is -2.40. The molecule has 6 rings (SSSR count). The second kappa shape index (κ2) is 18.3. The highest BCUT2D eigenvalue weighted by atomic mass is 16.2. The quantitative estimate of drug-likeness (QED) is 0.179. The van der Waals surface area contributed by atoms with Gasteiger partial charge in [0.2, 0.25) is 0 Å². The van der Waals surface area contributed by atoms with E-state index >= 15 is 0 Å². The van der Waals surface area contributed by atoms with E-state index in [0.717, 1.165) is 94.9 Å². The van der Waals surface area contributed by atoms with Gasteiger partial charge in [-0.2, -0.15) is 0 Å². The van der Waals surface area contributed by atoms with Gasteiger partial charge in [-0.15, -0.1) is 0 Å². The molecular weight excluding hydrogens is 596 g/mol. The number of hydrogen-bond donors (Lipinski definition) is 12. The largest absolute Gasteiger partial charge is 0.335 e. The number of nitrogens with one attached hydrogen (secondary N) is 12. The van der Waals surface area contributed by atoms with Gasteiger partial charge in [-0.05, 0) is 141 Å². The number of rotatable bonds is 7. The number of urea groups is 2. The van der Waals surface area contributed by atoms with Crippen molar-refractivity contribution in [1.82, 2.24) is 63.8 Å². The lowest BCUT2D eigenvalue weighted by Crippen LogP contribution is -2.68.